The average Bonchev–Trinajstić information content (AvgIpc) is 2.67. The molecule has 7 atom stereocenters. The summed E-state index contributed by atoms with van der Waals surface area (Å²) >= 11 is 0. The number of rotatable bonds is 0. The molecule has 0 amide bonds. The summed E-state index contributed by atoms with van der Waals surface area (Å²) in [5, 5.41) is 0. The molecule has 5 aliphatic rings. The lowest BCUT2D eigenvalue weighted by Gasteiger charge is -2.63. The van der Waals surface area contributed by atoms with Gasteiger partial charge in [0.05, 0.1) is 5.92 Å². The molecule has 5 fully saturated rings. The molecule has 21 heavy (non-hydrogen) atoms. The quantitative estimate of drug-likeness (QED) is 0.508. The maximum atomic E-state index is 12.3. The van der Waals surface area contributed by atoms with Crippen molar-refractivity contribution in [3.05, 3.63) is 0 Å². The number of carbonyl (C=O) groups is 1. The second-order valence-corrected chi connectivity index (χ2v) is 7.78. The van der Waals surface area contributed by atoms with Crippen LogP contribution in [0.4, 0.5) is 0 Å². The molecule has 0 aromatic rings. The minimum absolute atomic E-state index is 0.179. The van der Waals surface area contributed by atoms with Crippen LogP contribution >= 0.6 is 0 Å². The van der Waals surface area contributed by atoms with Gasteiger partial charge >= 0.3 is 5.97 Å². The molecule has 0 N–H and O–H groups in total. The third-order valence-corrected chi connectivity index (χ3v) is 6.75. The predicted octanol–water partition coefficient (Wildman–Crippen LogP) is 2.79. The van der Waals surface area contributed by atoms with Crippen molar-refractivity contribution in [1.29, 1.82) is 0 Å². The normalized spacial score (nSPS) is 59.1. The van der Waals surface area contributed by atoms with Gasteiger partial charge in [0, 0.05) is 17.8 Å². The first-order valence-corrected chi connectivity index (χ1v) is 8.08. The third kappa shape index (κ3) is 1.50. The Kier molecular flexibility index (Phi) is 2.66. The lowest BCUT2D eigenvalue weighted by Crippen LogP contribution is -2.74. The van der Waals surface area contributed by atoms with Crippen molar-refractivity contribution in [2.24, 2.45) is 23.2 Å². The topological polar surface area (TPSA) is 54.0 Å². The second-order valence-electron chi connectivity index (χ2n) is 7.78. The highest BCUT2D eigenvalue weighted by Gasteiger charge is 2.74. The number of ether oxygens (including phenoxy) is 2. The molecule has 118 valence electrons. The van der Waals surface area contributed by atoms with E-state index in [4.69, 9.17) is 19.2 Å². The maximum Gasteiger partial charge on any atom is 0.311 e. The summed E-state index contributed by atoms with van der Waals surface area (Å²) in [6, 6.07) is 0. The lowest BCUT2D eigenvalue weighted by atomic mass is 9.50. The van der Waals surface area contributed by atoms with Gasteiger partial charge in [0.25, 0.3) is 0 Å². The van der Waals surface area contributed by atoms with Gasteiger partial charge in [-0.15, -0.1) is 0 Å². The molecule has 5 nitrogen and oxygen atoms in total. The molecule has 0 radical (unpaired) electrons. The fourth-order valence-corrected chi connectivity index (χ4v) is 5.05. The summed E-state index contributed by atoms with van der Waals surface area (Å²) in [6.45, 7) is 8.22. The van der Waals surface area contributed by atoms with Crippen LogP contribution in [0.3, 0.4) is 0 Å². The average molecular weight is 296 g/mol. The van der Waals surface area contributed by atoms with Gasteiger partial charge in [-0.05, 0) is 32.1 Å². The van der Waals surface area contributed by atoms with Crippen molar-refractivity contribution in [2.75, 3.05) is 0 Å². The molecule has 5 heteroatoms. The van der Waals surface area contributed by atoms with Crippen LogP contribution in [-0.4, -0.2) is 23.6 Å². The van der Waals surface area contributed by atoms with Gasteiger partial charge in [0.2, 0.25) is 12.1 Å². The van der Waals surface area contributed by atoms with E-state index in [2.05, 4.69) is 13.8 Å². The second kappa shape index (κ2) is 4.00. The Bertz CT molecular complexity index is 493. The summed E-state index contributed by atoms with van der Waals surface area (Å²) in [6.07, 6.45) is 3.13. The Morgan fingerprint density at radius 2 is 1.86 bits per heavy atom. The van der Waals surface area contributed by atoms with Crippen molar-refractivity contribution in [3.63, 3.8) is 0 Å². The first-order valence-electron chi connectivity index (χ1n) is 8.08. The maximum absolute atomic E-state index is 12.3. The highest BCUT2D eigenvalue weighted by molar-refractivity contribution is 5.75. The molecule has 4 aliphatic heterocycles. The Labute approximate surface area is 125 Å². The van der Waals surface area contributed by atoms with Crippen molar-refractivity contribution < 1.29 is 24.0 Å². The van der Waals surface area contributed by atoms with Crippen LogP contribution in [0, 0.1) is 23.2 Å². The molecular formula is C16H24O5. The Morgan fingerprint density at radius 1 is 1.10 bits per heavy atom. The largest absolute Gasteiger partial charge is 0.432 e. The fraction of sp³-hybridized carbons (Fsp3) is 0.938. The van der Waals surface area contributed by atoms with Gasteiger partial charge in [0.1, 0.15) is 0 Å². The zero-order valence-electron chi connectivity index (χ0n) is 13.2. The Hall–Kier alpha value is -0.650. The van der Waals surface area contributed by atoms with Crippen LogP contribution < -0.4 is 0 Å². The van der Waals surface area contributed by atoms with Gasteiger partial charge in [0.15, 0.2) is 5.60 Å². The summed E-state index contributed by atoms with van der Waals surface area (Å²) in [5.74, 6) is -0.396. The summed E-state index contributed by atoms with van der Waals surface area (Å²) in [4.78, 5) is 24.0. The molecule has 2 bridgehead atoms. The van der Waals surface area contributed by atoms with Gasteiger partial charge < -0.3 is 9.47 Å². The predicted molar refractivity (Wildman–Crippen MR) is 72.7 cm³/mol. The molecule has 5 rings (SSSR count). The smallest absolute Gasteiger partial charge is 0.311 e. The number of esters is 1. The van der Waals surface area contributed by atoms with E-state index in [0.29, 0.717) is 11.8 Å². The molecule has 4 heterocycles. The minimum atomic E-state index is -0.811. The van der Waals surface area contributed by atoms with Crippen LogP contribution in [0.15, 0.2) is 0 Å². The molecule has 0 unspecified atom stereocenters. The van der Waals surface area contributed by atoms with Crippen molar-refractivity contribution in [1.82, 2.24) is 0 Å². The van der Waals surface area contributed by atoms with Crippen LogP contribution in [0.2, 0.25) is 0 Å². The Morgan fingerprint density at radius 3 is 2.62 bits per heavy atom. The lowest BCUT2D eigenvalue weighted by molar-refractivity contribution is -0.568. The summed E-state index contributed by atoms with van der Waals surface area (Å²) in [7, 11) is 0. The number of carbonyl (C=O) groups excluding carboxylic acids is 1. The molecule has 4 saturated heterocycles. The fourth-order valence-electron chi connectivity index (χ4n) is 5.05. The zero-order chi connectivity index (χ0) is 15.0. The molecule has 1 saturated carbocycles. The first-order chi connectivity index (χ1) is 9.82. The van der Waals surface area contributed by atoms with E-state index in [1.807, 2.05) is 13.8 Å². The third-order valence-electron chi connectivity index (χ3n) is 6.75. The van der Waals surface area contributed by atoms with Crippen LogP contribution in [0.5, 0.6) is 0 Å². The molecule has 0 aromatic carbocycles. The zero-order valence-corrected chi connectivity index (χ0v) is 13.2. The van der Waals surface area contributed by atoms with Gasteiger partial charge in [-0.25, -0.2) is 9.78 Å². The van der Waals surface area contributed by atoms with Crippen LogP contribution in [-0.2, 0) is 24.0 Å². The van der Waals surface area contributed by atoms with E-state index in [0.717, 1.165) is 25.7 Å². The number of hydrogen-bond acceptors (Lipinski definition) is 5. The SMILES string of the molecule is C[C@@H]1CC[C@@]2(C)[C@@H](C)C(=O)O[C@@H]3O[C@@]4(C)CC[C@@H]1[C@]32OO4. The highest BCUT2D eigenvalue weighted by Crippen LogP contribution is 2.65. The molecule has 0 aromatic heterocycles. The number of fused-ring (bicyclic) bond motifs is 2. The minimum Gasteiger partial charge on any atom is -0.432 e. The first kappa shape index (κ1) is 14.0. The highest BCUT2D eigenvalue weighted by atomic mass is 17.3. The van der Waals surface area contributed by atoms with E-state index in [1.54, 1.807) is 0 Å². The van der Waals surface area contributed by atoms with E-state index in [1.165, 1.54) is 0 Å². The van der Waals surface area contributed by atoms with Crippen LogP contribution in [0.1, 0.15) is 53.4 Å². The van der Waals surface area contributed by atoms with E-state index < -0.39 is 17.7 Å². The molecule has 1 aliphatic carbocycles. The van der Waals surface area contributed by atoms with Crippen molar-refractivity contribution in [3.8, 4) is 0 Å². The summed E-state index contributed by atoms with van der Waals surface area (Å²) < 4.78 is 11.7. The molecular weight excluding hydrogens is 272 g/mol. The monoisotopic (exact) mass is 296 g/mol. The van der Waals surface area contributed by atoms with E-state index in [-0.39, 0.29) is 17.3 Å². The number of hydrogen-bond donors (Lipinski definition) is 0. The van der Waals surface area contributed by atoms with Crippen LogP contribution in [0.25, 0.3) is 0 Å². The van der Waals surface area contributed by atoms with Crippen molar-refractivity contribution in [2.45, 2.75) is 71.1 Å². The van der Waals surface area contributed by atoms with Gasteiger partial charge in [-0.1, -0.05) is 20.8 Å². The van der Waals surface area contributed by atoms with Gasteiger partial charge in [-0.2, -0.15) is 0 Å². The Balaban J connectivity index is 1.90. The van der Waals surface area contributed by atoms with Gasteiger partial charge in [-0.3, -0.25) is 4.79 Å². The van der Waals surface area contributed by atoms with E-state index in [9.17, 15) is 4.79 Å². The summed E-state index contributed by atoms with van der Waals surface area (Å²) in [5.41, 5.74) is -0.982. The standard InChI is InChI=1S/C16H24O5/c1-9-5-7-14(3)10(2)12(17)18-13-16(14)11(9)6-8-15(4,19-13)20-21-16/h9-11,13H,5-8H2,1-4H3/t9-,10+,11+,13-,14+,15-,16+/m1/s1. The van der Waals surface area contributed by atoms with Crippen molar-refractivity contribution >= 4 is 5.97 Å². The van der Waals surface area contributed by atoms with E-state index >= 15 is 0 Å². The molecule has 1 spiro atoms.